The van der Waals surface area contributed by atoms with Gasteiger partial charge in [0, 0.05) is 0 Å². The summed E-state index contributed by atoms with van der Waals surface area (Å²) in [6.45, 7) is -4.71. The lowest BCUT2D eigenvalue weighted by molar-refractivity contribution is 0.0168. The summed E-state index contributed by atoms with van der Waals surface area (Å²) in [5, 5.41) is 32.3. The van der Waals surface area contributed by atoms with Crippen LogP contribution in [0.25, 0.3) is 0 Å². The number of benzene rings is 3. The van der Waals surface area contributed by atoms with Crippen LogP contribution in [0.4, 0.5) is 0 Å². The second kappa shape index (κ2) is 16.5. The lowest BCUT2D eigenvalue weighted by Crippen LogP contribution is -2.57. The molecule has 0 aliphatic carbocycles. The molecule has 0 fully saturated rings. The Bertz CT molecular complexity index is 2090. The average molecular weight is 796 g/mol. The van der Waals surface area contributed by atoms with E-state index in [0.29, 0.717) is 48.2 Å². The Balaban J connectivity index is 1.06. The summed E-state index contributed by atoms with van der Waals surface area (Å²) in [4.78, 5) is 78.8. The van der Waals surface area contributed by atoms with Gasteiger partial charge in [-0.05, 0) is 54.6 Å². The minimum Gasteiger partial charge on any atom is -0.459 e. The van der Waals surface area contributed by atoms with E-state index >= 15 is 0 Å². The SMILES string of the molecule is O=C(OCC(O)Cn1c(=O)n(CC(O)COC(=O)c2ccc3c(c2)OCO3)c(=O)n(CC(O)COC(=O)c2ccc3c(c2)OCO3)c1=O)c1ccc2c(c1)OCO2. The largest absolute Gasteiger partial charge is 0.459 e. The van der Waals surface area contributed by atoms with Crippen molar-refractivity contribution in [3.8, 4) is 34.5 Å². The summed E-state index contributed by atoms with van der Waals surface area (Å²) in [6.07, 6.45) is -5.06. The van der Waals surface area contributed by atoms with Crippen LogP contribution >= 0.6 is 0 Å². The summed E-state index contributed by atoms with van der Waals surface area (Å²) in [6, 6.07) is 12.8. The number of hydrogen-bond donors (Lipinski definition) is 3. The van der Waals surface area contributed by atoms with E-state index in [1.807, 2.05) is 0 Å². The fourth-order valence-electron chi connectivity index (χ4n) is 5.78. The van der Waals surface area contributed by atoms with Gasteiger partial charge in [-0.2, -0.15) is 0 Å². The van der Waals surface area contributed by atoms with E-state index in [1.54, 1.807) is 0 Å². The van der Waals surface area contributed by atoms with Crippen molar-refractivity contribution in [3.63, 3.8) is 0 Å². The fraction of sp³-hybridized carbons (Fsp3) is 0.333. The van der Waals surface area contributed by atoms with Gasteiger partial charge in [0.2, 0.25) is 20.4 Å². The van der Waals surface area contributed by atoms with Crippen molar-refractivity contribution in [2.75, 3.05) is 40.2 Å². The Morgan fingerprint density at radius 1 is 0.474 bits per heavy atom. The van der Waals surface area contributed by atoms with Crippen LogP contribution in [0.3, 0.4) is 0 Å². The summed E-state index contributed by atoms with van der Waals surface area (Å²) < 4.78 is 48.1. The highest BCUT2D eigenvalue weighted by Gasteiger charge is 2.25. The Morgan fingerprint density at radius 2 is 0.737 bits per heavy atom. The third-order valence-electron chi connectivity index (χ3n) is 8.61. The van der Waals surface area contributed by atoms with Crippen molar-refractivity contribution < 1.29 is 72.3 Å². The highest BCUT2D eigenvalue weighted by atomic mass is 16.7. The molecule has 21 heteroatoms. The van der Waals surface area contributed by atoms with E-state index in [2.05, 4.69) is 0 Å². The van der Waals surface area contributed by atoms with Gasteiger partial charge in [-0.15, -0.1) is 0 Å². The second-order valence-corrected chi connectivity index (χ2v) is 12.6. The molecular weight excluding hydrogens is 762 g/mol. The molecule has 4 aromatic rings. The van der Waals surface area contributed by atoms with Crippen molar-refractivity contribution in [2.24, 2.45) is 0 Å². The third kappa shape index (κ3) is 8.54. The molecule has 1 aromatic heterocycles. The summed E-state index contributed by atoms with van der Waals surface area (Å²) >= 11 is 0. The number of hydrogen-bond acceptors (Lipinski definition) is 18. The molecule has 57 heavy (non-hydrogen) atoms. The van der Waals surface area contributed by atoms with Gasteiger partial charge in [0.05, 0.1) is 36.3 Å². The first kappa shape index (κ1) is 38.4. The summed E-state index contributed by atoms with van der Waals surface area (Å²) in [5.41, 5.74) is -3.73. The first-order valence-electron chi connectivity index (χ1n) is 17.1. The monoisotopic (exact) mass is 795 g/mol. The van der Waals surface area contributed by atoms with Gasteiger partial charge in [-0.25, -0.2) is 42.5 Å². The highest BCUT2D eigenvalue weighted by Crippen LogP contribution is 2.34. The number of carbonyl (C=O) groups excluding carboxylic acids is 3. The van der Waals surface area contributed by atoms with Gasteiger partial charge in [-0.1, -0.05) is 0 Å². The topological polar surface area (TPSA) is 261 Å². The zero-order chi connectivity index (χ0) is 40.2. The number of aliphatic hydroxyl groups is 3. The molecule has 3 atom stereocenters. The number of carbonyl (C=O) groups is 3. The Morgan fingerprint density at radius 3 is 1.02 bits per heavy atom. The Hall–Kier alpha value is -6.84. The smallest absolute Gasteiger partial charge is 0.338 e. The molecule has 21 nitrogen and oxygen atoms in total. The number of rotatable bonds is 15. The minimum absolute atomic E-state index is 0.0341. The van der Waals surface area contributed by atoms with E-state index in [-0.39, 0.29) is 37.1 Å². The molecule has 0 saturated heterocycles. The number of ether oxygens (including phenoxy) is 9. The zero-order valence-corrected chi connectivity index (χ0v) is 29.6. The lowest BCUT2D eigenvalue weighted by atomic mass is 10.2. The van der Waals surface area contributed by atoms with Crippen molar-refractivity contribution >= 4 is 17.9 Å². The molecule has 7 rings (SSSR count). The molecule has 3 N–H and O–H groups in total. The molecule has 3 unspecified atom stereocenters. The molecule has 3 aromatic carbocycles. The average Bonchev–Trinajstić information content (AvgIpc) is 4.00. The molecule has 300 valence electrons. The lowest BCUT2D eigenvalue weighted by Gasteiger charge is -2.19. The molecular formula is C36H33N3O18. The molecule has 3 aliphatic rings. The fourth-order valence-corrected chi connectivity index (χ4v) is 5.78. The number of aliphatic hydroxyl groups excluding tert-OH is 3. The standard InChI is InChI=1S/C36H33N3O18/c40-22(13-49-31(43)19-1-4-25-28(7-19)55-16-52-25)10-37-34(46)38(11-23(41)14-50-32(44)20-2-5-26-29(8-20)56-17-53-26)36(48)39(35(37)47)12-24(42)15-51-33(45)21-3-6-27-30(9-21)57-18-54-27/h1-9,22-24,40-42H,10-18H2. The van der Waals surface area contributed by atoms with Gasteiger partial charge < -0.3 is 58.0 Å². The first-order valence-corrected chi connectivity index (χ1v) is 17.1. The summed E-state index contributed by atoms with van der Waals surface area (Å²) in [5.74, 6) is -0.482. The molecule has 0 radical (unpaired) electrons. The van der Waals surface area contributed by atoms with Crippen LogP contribution in [0.1, 0.15) is 31.1 Å². The van der Waals surface area contributed by atoms with Crippen LogP contribution in [0.5, 0.6) is 34.5 Å². The number of fused-ring (bicyclic) bond motifs is 3. The van der Waals surface area contributed by atoms with Crippen LogP contribution in [-0.4, -0.2) is 105 Å². The maximum Gasteiger partial charge on any atom is 0.338 e. The van der Waals surface area contributed by atoms with E-state index < -0.39 is 92.7 Å². The molecule has 0 amide bonds. The molecule has 0 bridgehead atoms. The number of esters is 3. The van der Waals surface area contributed by atoms with E-state index in [9.17, 15) is 44.1 Å². The third-order valence-corrected chi connectivity index (χ3v) is 8.61. The van der Waals surface area contributed by atoms with Crippen molar-refractivity contribution in [1.82, 2.24) is 13.7 Å². The van der Waals surface area contributed by atoms with E-state index in [0.717, 1.165) is 0 Å². The van der Waals surface area contributed by atoms with Crippen molar-refractivity contribution in [3.05, 3.63) is 103 Å². The normalized spacial score (nSPS) is 14.8. The van der Waals surface area contributed by atoms with Crippen molar-refractivity contribution in [1.29, 1.82) is 0 Å². The molecule has 3 aliphatic heterocycles. The molecule has 0 saturated carbocycles. The van der Waals surface area contributed by atoms with Gasteiger partial charge in [0.25, 0.3) is 0 Å². The second-order valence-electron chi connectivity index (χ2n) is 12.6. The summed E-state index contributed by atoms with van der Waals surface area (Å²) in [7, 11) is 0. The zero-order valence-electron chi connectivity index (χ0n) is 29.6. The van der Waals surface area contributed by atoms with Crippen LogP contribution < -0.4 is 45.5 Å². The number of nitrogens with zero attached hydrogens (tertiary/aromatic N) is 3. The van der Waals surface area contributed by atoms with Crippen LogP contribution in [0.2, 0.25) is 0 Å². The van der Waals surface area contributed by atoms with Crippen molar-refractivity contribution in [2.45, 2.75) is 37.9 Å². The highest BCUT2D eigenvalue weighted by molar-refractivity contribution is 5.91. The minimum atomic E-state index is -1.69. The molecule has 4 heterocycles. The van der Waals surface area contributed by atoms with Gasteiger partial charge in [0.15, 0.2) is 34.5 Å². The van der Waals surface area contributed by atoms with Gasteiger partial charge in [0.1, 0.15) is 38.1 Å². The predicted molar refractivity (Wildman–Crippen MR) is 186 cm³/mol. The van der Waals surface area contributed by atoms with E-state index in [1.165, 1.54) is 54.6 Å². The van der Waals surface area contributed by atoms with Crippen LogP contribution in [0.15, 0.2) is 69.0 Å². The Labute approximate surface area is 319 Å². The van der Waals surface area contributed by atoms with E-state index in [4.69, 9.17) is 42.6 Å². The van der Waals surface area contributed by atoms with Gasteiger partial charge in [-0.3, -0.25) is 0 Å². The maximum atomic E-state index is 13.6. The van der Waals surface area contributed by atoms with Crippen LogP contribution in [-0.2, 0) is 33.8 Å². The van der Waals surface area contributed by atoms with Gasteiger partial charge >= 0.3 is 35.0 Å². The number of aromatic nitrogens is 3. The first-order chi connectivity index (χ1) is 27.4. The molecule has 0 spiro atoms. The predicted octanol–water partition coefficient (Wildman–Crippen LogP) is -0.988. The maximum absolute atomic E-state index is 13.6. The quantitative estimate of drug-likeness (QED) is 0.0964. The Kier molecular flexibility index (Phi) is 11.1. The van der Waals surface area contributed by atoms with Crippen LogP contribution in [0, 0.1) is 0 Å².